The molecule has 2 aliphatic rings. The third kappa shape index (κ3) is 2.18. The molecule has 0 spiro atoms. The molecule has 14 heavy (non-hydrogen) atoms. The zero-order chi connectivity index (χ0) is 8.55. The quantitative estimate of drug-likeness (QED) is 0.755. The van der Waals surface area contributed by atoms with Gasteiger partial charge in [-0.25, -0.2) is 4.79 Å². The Hall–Kier alpha value is -1.20. The molecule has 1 heterocycles. The van der Waals surface area contributed by atoms with Crippen LogP contribution in [0.3, 0.4) is 0 Å². The fourth-order valence-electron chi connectivity index (χ4n) is 1.05. The summed E-state index contributed by atoms with van der Waals surface area (Å²) in [6, 6.07) is 0. The minimum absolute atomic E-state index is 0. The molecule has 0 radical (unpaired) electrons. The minimum atomic E-state index is -0.917. The molecule has 7 heteroatoms. The van der Waals surface area contributed by atoms with E-state index in [2.05, 4.69) is 15.4 Å². The highest BCUT2D eigenvalue weighted by molar-refractivity contribution is 6.08. The summed E-state index contributed by atoms with van der Waals surface area (Å²) in [6.07, 6.45) is 3.46. The van der Waals surface area contributed by atoms with E-state index in [0.717, 1.165) is 0 Å². The molecule has 0 fully saturated rings. The molecule has 1 aliphatic heterocycles. The van der Waals surface area contributed by atoms with E-state index in [9.17, 15) is 4.79 Å². The summed E-state index contributed by atoms with van der Waals surface area (Å²) < 4.78 is 0. The van der Waals surface area contributed by atoms with E-state index in [1.165, 1.54) is 6.08 Å². The Morgan fingerprint density at radius 3 is 2.71 bits per heavy atom. The van der Waals surface area contributed by atoms with Crippen LogP contribution in [0.1, 0.15) is 6.42 Å². The summed E-state index contributed by atoms with van der Waals surface area (Å²) in [5.41, 5.74) is 1.62. The van der Waals surface area contributed by atoms with Crippen LogP contribution in [0.15, 0.2) is 38.9 Å². The number of fused-ring (bicyclic) bond motifs is 1. The number of allylic oxidation sites excluding steroid dienone is 3. The number of nitrogens with zero attached hydrogens (tertiary/aromatic N) is 3. The number of hydrogen-bond donors (Lipinski definition) is 1. The topological polar surface area (TPSA) is 74.4 Å². The Morgan fingerprint density at radius 2 is 2.07 bits per heavy atom. The van der Waals surface area contributed by atoms with Gasteiger partial charge in [-0.3, -0.25) is 0 Å². The van der Waals surface area contributed by atoms with E-state index in [0.29, 0.717) is 23.4 Å². The van der Waals surface area contributed by atoms with Gasteiger partial charge >= 0.3 is 5.97 Å². The number of aliphatic carboxylic acids is 1. The van der Waals surface area contributed by atoms with Crippen molar-refractivity contribution < 1.29 is 9.90 Å². The van der Waals surface area contributed by atoms with Crippen molar-refractivity contribution in [3.05, 3.63) is 23.4 Å². The first-order valence-corrected chi connectivity index (χ1v) is 3.39. The maximum Gasteiger partial charge on any atom is 0.331 e. The van der Waals surface area contributed by atoms with Crippen molar-refractivity contribution in [2.45, 2.75) is 6.42 Å². The lowest BCUT2D eigenvalue weighted by atomic mass is 10.0. The molecule has 2 rings (SSSR count). The molecular formula is C7H7Cl2N3O2. The maximum atomic E-state index is 10.5. The molecule has 0 amide bonds. The summed E-state index contributed by atoms with van der Waals surface area (Å²) >= 11 is 0. The van der Waals surface area contributed by atoms with Crippen molar-refractivity contribution in [1.29, 1.82) is 0 Å². The molecule has 0 saturated carbocycles. The summed E-state index contributed by atoms with van der Waals surface area (Å²) in [4.78, 5) is 10.5. The van der Waals surface area contributed by atoms with Crippen LogP contribution in [-0.4, -0.2) is 16.8 Å². The van der Waals surface area contributed by atoms with E-state index in [1.807, 2.05) is 0 Å². The van der Waals surface area contributed by atoms with Crippen molar-refractivity contribution in [1.82, 2.24) is 0 Å². The summed E-state index contributed by atoms with van der Waals surface area (Å²) in [6.45, 7) is 0. The Kier molecular flexibility index (Phi) is 4.46. The number of hydrogen-bond acceptors (Lipinski definition) is 4. The second-order valence-corrected chi connectivity index (χ2v) is 2.46. The Labute approximate surface area is 92.1 Å². The lowest BCUT2D eigenvalue weighted by Crippen LogP contribution is -2.10. The highest BCUT2D eigenvalue weighted by Crippen LogP contribution is 2.21. The predicted octanol–water partition coefficient (Wildman–Crippen LogP) is 1.95. The highest BCUT2D eigenvalue weighted by Gasteiger charge is 2.20. The normalized spacial score (nSPS) is 16.7. The van der Waals surface area contributed by atoms with Gasteiger partial charge in [0.05, 0.1) is 5.71 Å². The monoisotopic (exact) mass is 235 g/mol. The average Bonchev–Trinajstić information content (AvgIpc) is 2.49. The average molecular weight is 236 g/mol. The first-order chi connectivity index (χ1) is 5.77. The van der Waals surface area contributed by atoms with Crippen LogP contribution in [0.4, 0.5) is 0 Å². The molecule has 0 unspecified atom stereocenters. The van der Waals surface area contributed by atoms with Crippen molar-refractivity contribution in [3.8, 4) is 0 Å². The molecule has 0 aromatic heterocycles. The summed E-state index contributed by atoms with van der Waals surface area (Å²) in [7, 11) is 0. The SMILES string of the molecule is Cl.Cl.O=C(O)C1=CC=C2N=NN=C2C1. The number of carboxylic acid groups (broad SMARTS) is 1. The van der Waals surface area contributed by atoms with Crippen LogP contribution in [0.5, 0.6) is 0 Å². The summed E-state index contributed by atoms with van der Waals surface area (Å²) in [5.74, 6) is -0.917. The number of carboxylic acids is 1. The first-order valence-electron chi connectivity index (χ1n) is 3.39. The van der Waals surface area contributed by atoms with Crippen molar-refractivity contribution in [3.63, 3.8) is 0 Å². The molecule has 5 nitrogen and oxygen atoms in total. The zero-order valence-electron chi connectivity index (χ0n) is 6.88. The van der Waals surface area contributed by atoms with Crippen LogP contribution in [0, 0.1) is 0 Å². The van der Waals surface area contributed by atoms with Crippen LogP contribution in [0.25, 0.3) is 0 Å². The predicted molar refractivity (Wildman–Crippen MR) is 55.2 cm³/mol. The van der Waals surface area contributed by atoms with E-state index >= 15 is 0 Å². The van der Waals surface area contributed by atoms with Gasteiger partial charge in [0.15, 0.2) is 0 Å². The minimum Gasteiger partial charge on any atom is -0.478 e. The summed E-state index contributed by atoms with van der Waals surface area (Å²) in [5, 5.41) is 19.5. The van der Waals surface area contributed by atoms with Gasteiger partial charge in [0.25, 0.3) is 0 Å². The molecule has 1 aliphatic carbocycles. The van der Waals surface area contributed by atoms with Gasteiger partial charge < -0.3 is 5.11 Å². The number of halogens is 2. The van der Waals surface area contributed by atoms with Gasteiger partial charge in [0.1, 0.15) is 5.70 Å². The van der Waals surface area contributed by atoms with Gasteiger partial charge in [-0.1, -0.05) is 0 Å². The largest absolute Gasteiger partial charge is 0.478 e. The molecule has 0 atom stereocenters. The van der Waals surface area contributed by atoms with Crippen LogP contribution in [0.2, 0.25) is 0 Å². The van der Waals surface area contributed by atoms with E-state index < -0.39 is 5.97 Å². The molecule has 76 valence electrons. The number of rotatable bonds is 1. The molecule has 1 N–H and O–H groups in total. The molecule has 0 aromatic rings. The molecule has 0 aromatic carbocycles. The number of carbonyl (C=O) groups is 1. The second-order valence-electron chi connectivity index (χ2n) is 2.46. The maximum absolute atomic E-state index is 10.5. The Balaban J connectivity index is 0.000000845. The fourth-order valence-corrected chi connectivity index (χ4v) is 1.05. The molecule has 0 bridgehead atoms. The third-order valence-corrected chi connectivity index (χ3v) is 1.69. The first kappa shape index (κ1) is 12.8. The molecule has 0 saturated heterocycles. The van der Waals surface area contributed by atoms with Crippen molar-refractivity contribution in [2.24, 2.45) is 15.4 Å². The van der Waals surface area contributed by atoms with Gasteiger partial charge in [-0.2, -0.15) is 0 Å². The van der Waals surface area contributed by atoms with Crippen LogP contribution < -0.4 is 0 Å². The van der Waals surface area contributed by atoms with Gasteiger partial charge in [-0.05, 0) is 17.4 Å². The van der Waals surface area contributed by atoms with E-state index in [1.54, 1.807) is 6.08 Å². The lowest BCUT2D eigenvalue weighted by molar-refractivity contribution is -0.132. The van der Waals surface area contributed by atoms with E-state index in [4.69, 9.17) is 5.11 Å². The van der Waals surface area contributed by atoms with Gasteiger partial charge in [0, 0.05) is 12.0 Å². The van der Waals surface area contributed by atoms with Gasteiger partial charge in [-0.15, -0.1) is 35.0 Å². The third-order valence-electron chi connectivity index (χ3n) is 1.69. The zero-order valence-corrected chi connectivity index (χ0v) is 8.51. The van der Waals surface area contributed by atoms with E-state index in [-0.39, 0.29) is 24.8 Å². The second kappa shape index (κ2) is 4.88. The van der Waals surface area contributed by atoms with Crippen molar-refractivity contribution >= 4 is 36.5 Å². The standard InChI is InChI=1S/C7H5N3O2.2ClH/c11-7(12)4-1-2-5-6(3-4)9-10-8-5;;/h1-2H,3H2,(H,11,12);2*1H. The Bertz CT molecular complexity index is 371. The molecular weight excluding hydrogens is 229 g/mol. The fraction of sp³-hybridized carbons (Fsp3) is 0.143. The highest BCUT2D eigenvalue weighted by atomic mass is 35.5. The lowest BCUT2D eigenvalue weighted by Gasteiger charge is -2.05. The van der Waals surface area contributed by atoms with Crippen LogP contribution >= 0.6 is 24.8 Å². The van der Waals surface area contributed by atoms with Crippen molar-refractivity contribution in [2.75, 3.05) is 0 Å². The van der Waals surface area contributed by atoms with Gasteiger partial charge in [0.2, 0.25) is 0 Å². The Morgan fingerprint density at radius 1 is 1.36 bits per heavy atom. The smallest absolute Gasteiger partial charge is 0.331 e. The van der Waals surface area contributed by atoms with Crippen LogP contribution in [-0.2, 0) is 4.79 Å².